The Balaban J connectivity index is 1.85. The van der Waals surface area contributed by atoms with Gasteiger partial charge in [0.2, 0.25) is 0 Å². The first-order valence-corrected chi connectivity index (χ1v) is 6.94. The van der Waals surface area contributed by atoms with Gasteiger partial charge < -0.3 is 10.2 Å². The van der Waals surface area contributed by atoms with Crippen LogP contribution in [0.4, 0.5) is 0 Å². The zero-order valence-electron chi connectivity index (χ0n) is 10.5. The van der Waals surface area contributed by atoms with E-state index in [4.69, 9.17) is 5.11 Å². The summed E-state index contributed by atoms with van der Waals surface area (Å²) in [6, 6.07) is 0. The van der Waals surface area contributed by atoms with Crippen molar-refractivity contribution in [1.82, 2.24) is 0 Å². The average Bonchev–Trinajstić information content (AvgIpc) is 2.28. The molecule has 2 saturated carbocycles. The SMILES string of the molecule is CC(O)(CO)CC1CCC2CCCCC2C1. The number of fused-ring (bicyclic) bond motifs is 1. The summed E-state index contributed by atoms with van der Waals surface area (Å²) in [5, 5.41) is 19.0. The fraction of sp³-hybridized carbons (Fsp3) is 1.00. The highest BCUT2D eigenvalue weighted by Crippen LogP contribution is 2.44. The second-order valence-electron chi connectivity index (χ2n) is 6.34. The van der Waals surface area contributed by atoms with E-state index in [0.717, 1.165) is 18.3 Å². The molecule has 2 fully saturated rings. The third-order valence-corrected chi connectivity index (χ3v) is 4.72. The average molecular weight is 226 g/mol. The molecule has 2 heteroatoms. The zero-order chi connectivity index (χ0) is 11.6. The molecule has 0 aliphatic heterocycles. The third kappa shape index (κ3) is 2.98. The van der Waals surface area contributed by atoms with Gasteiger partial charge in [0.1, 0.15) is 0 Å². The molecule has 0 saturated heterocycles. The van der Waals surface area contributed by atoms with E-state index >= 15 is 0 Å². The fourth-order valence-electron chi connectivity index (χ4n) is 3.84. The van der Waals surface area contributed by atoms with Gasteiger partial charge in [-0.2, -0.15) is 0 Å². The van der Waals surface area contributed by atoms with E-state index in [1.165, 1.54) is 44.9 Å². The summed E-state index contributed by atoms with van der Waals surface area (Å²) in [5.41, 5.74) is -0.855. The lowest BCUT2D eigenvalue weighted by molar-refractivity contribution is -0.0291. The summed E-state index contributed by atoms with van der Waals surface area (Å²) < 4.78 is 0. The Labute approximate surface area is 99.1 Å². The summed E-state index contributed by atoms with van der Waals surface area (Å²) in [6.07, 6.45) is 10.4. The predicted molar refractivity (Wildman–Crippen MR) is 65.1 cm³/mol. The van der Waals surface area contributed by atoms with Crippen LogP contribution in [0.15, 0.2) is 0 Å². The van der Waals surface area contributed by atoms with Gasteiger partial charge >= 0.3 is 0 Å². The normalized spacial score (nSPS) is 38.8. The lowest BCUT2D eigenvalue weighted by atomic mass is 9.66. The van der Waals surface area contributed by atoms with Crippen LogP contribution in [0.25, 0.3) is 0 Å². The smallest absolute Gasteiger partial charge is 0.0852 e. The standard InChI is InChI=1S/C14H26O2/c1-14(16,10-15)9-11-6-7-12-4-2-3-5-13(12)8-11/h11-13,15-16H,2-10H2,1H3. The van der Waals surface area contributed by atoms with Crippen LogP contribution in [0.1, 0.15) is 58.3 Å². The van der Waals surface area contributed by atoms with Gasteiger partial charge in [-0.1, -0.05) is 32.1 Å². The van der Waals surface area contributed by atoms with Crippen molar-refractivity contribution in [2.45, 2.75) is 63.9 Å². The molecule has 0 aromatic heterocycles. The Hall–Kier alpha value is -0.0800. The summed E-state index contributed by atoms with van der Waals surface area (Å²) in [7, 11) is 0. The lowest BCUT2D eigenvalue weighted by Crippen LogP contribution is -2.35. The first-order chi connectivity index (χ1) is 7.61. The van der Waals surface area contributed by atoms with Gasteiger partial charge in [-0.15, -0.1) is 0 Å². The quantitative estimate of drug-likeness (QED) is 0.777. The summed E-state index contributed by atoms with van der Waals surface area (Å²) in [6.45, 7) is 1.66. The molecule has 0 aromatic rings. The maximum absolute atomic E-state index is 9.92. The molecule has 2 nitrogen and oxygen atoms in total. The van der Waals surface area contributed by atoms with Crippen LogP contribution in [0.2, 0.25) is 0 Å². The molecule has 0 bridgehead atoms. The predicted octanol–water partition coefficient (Wildman–Crippen LogP) is 2.73. The molecule has 0 aromatic carbocycles. The van der Waals surface area contributed by atoms with Crippen LogP contribution in [0.5, 0.6) is 0 Å². The Kier molecular flexibility index (Phi) is 3.91. The van der Waals surface area contributed by atoms with Crippen molar-refractivity contribution in [2.75, 3.05) is 6.61 Å². The molecule has 94 valence electrons. The Morgan fingerprint density at radius 3 is 2.44 bits per heavy atom. The summed E-state index contributed by atoms with van der Waals surface area (Å²) in [5.74, 6) is 2.53. The summed E-state index contributed by atoms with van der Waals surface area (Å²) >= 11 is 0. The lowest BCUT2D eigenvalue weighted by Gasteiger charge is -2.41. The van der Waals surface area contributed by atoms with Crippen molar-refractivity contribution >= 4 is 0 Å². The molecule has 4 unspecified atom stereocenters. The number of aliphatic hydroxyl groups is 2. The van der Waals surface area contributed by atoms with Crippen LogP contribution in [-0.4, -0.2) is 22.4 Å². The van der Waals surface area contributed by atoms with Crippen molar-refractivity contribution < 1.29 is 10.2 Å². The van der Waals surface area contributed by atoms with E-state index in [1.807, 2.05) is 0 Å². The second-order valence-corrected chi connectivity index (χ2v) is 6.34. The number of hydrogen-bond acceptors (Lipinski definition) is 2. The highest BCUT2D eigenvalue weighted by Gasteiger charge is 2.34. The van der Waals surface area contributed by atoms with Crippen molar-refractivity contribution in [2.24, 2.45) is 17.8 Å². The van der Waals surface area contributed by atoms with Gasteiger partial charge in [-0.05, 0) is 43.9 Å². The number of hydrogen-bond donors (Lipinski definition) is 2. The van der Waals surface area contributed by atoms with Gasteiger partial charge in [0, 0.05) is 0 Å². The van der Waals surface area contributed by atoms with Crippen molar-refractivity contribution in [3.8, 4) is 0 Å². The molecule has 2 aliphatic carbocycles. The Morgan fingerprint density at radius 2 is 1.75 bits per heavy atom. The monoisotopic (exact) mass is 226 g/mol. The molecule has 2 N–H and O–H groups in total. The molecule has 16 heavy (non-hydrogen) atoms. The minimum Gasteiger partial charge on any atom is -0.393 e. The van der Waals surface area contributed by atoms with Crippen LogP contribution >= 0.6 is 0 Å². The first kappa shape index (κ1) is 12.4. The van der Waals surface area contributed by atoms with Crippen molar-refractivity contribution in [1.29, 1.82) is 0 Å². The van der Waals surface area contributed by atoms with Crippen molar-refractivity contribution in [3.05, 3.63) is 0 Å². The first-order valence-electron chi connectivity index (χ1n) is 6.94. The highest BCUT2D eigenvalue weighted by molar-refractivity contribution is 4.86. The second kappa shape index (κ2) is 5.05. The number of aliphatic hydroxyl groups excluding tert-OH is 1. The molecule has 2 aliphatic rings. The van der Waals surface area contributed by atoms with E-state index in [9.17, 15) is 5.11 Å². The fourth-order valence-corrected chi connectivity index (χ4v) is 3.84. The Morgan fingerprint density at radius 1 is 1.06 bits per heavy atom. The highest BCUT2D eigenvalue weighted by atomic mass is 16.3. The van der Waals surface area contributed by atoms with Gasteiger partial charge in [0.05, 0.1) is 12.2 Å². The van der Waals surface area contributed by atoms with E-state index in [1.54, 1.807) is 6.92 Å². The van der Waals surface area contributed by atoms with E-state index in [0.29, 0.717) is 5.92 Å². The van der Waals surface area contributed by atoms with Crippen LogP contribution in [0.3, 0.4) is 0 Å². The van der Waals surface area contributed by atoms with Crippen LogP contribution in [-0.2, 0) is 0 Å². The molecule has 0 heterocycles. The Bertz CT molecular complexity index is 225. The minimum absolute atomic E-state index is 0.0996. The van der Waals surface area contributed by atoms with E-state index < -0.39 is 5.60 Å². The molecule has 0 amide bonds. The zero-order valence-corrected chi connectivity index (χ0v) is 10.5. The molecule has 0 radical (unpaired) electrons. The molecular formula is C14H26O2. The van der Waals surface area contributed by atoms with Crippen molar-refractivity contribution in [3.63, 3.8) is 0 Å². The van der Waals surface area contributed by atoms with Gasteiger partial charge in [0.15, 0.2) is 0 Å². The topological polar surface area (TPSA) is 40.5 Å². The third-order valence-electron chi connectivity index (χ3n) is 4.72. The van der Waals surface area contributed by atoms with Crippen LogP contribution in [0, 0.1) is 17.8 Å². The van der Waals surface area contributed by atoms with E-state index in [-0.39, 0.29) is 6.61 Å². The van der Waals surface area contributed by atoms with Gasteiger partial charge in [-0.3, -0.25) is 0 Å². The maximum Gasteiger partial charge on any atom is 0.0852 e. The molecule has 4 atom stereocenters. The van der Waals surface area contributed by atoms with E-state index in [2.05, 4.69) is 0 Å². The summed E-state index contributed by atoms with van der Waals surface area (Å²) in [4.78, 5) is 0. The van der Waals surface area contributed by atoms with Gasteiger partial charge in [0.25, 0.3) is 0 Å². The maximum atomic E-state index is 9.92. The molecule has 2 rings (SSSR count). The largest absolute Gasteiger partial charge is 0.393 e. The molecule has 0 spiro atoms. The number of rotatable bonds is 3. The minimum atomic E-state index is -0.855. The van der Waals surface area contributed by atoms with Gasteiger partial charge in [-0.25, -0.2) is 0 Å². The molecular weight excluding hydrogens is 200 g/mol. The van der Waals surface area contributed by atoms with Crippen LogP contribution < -0.4 is 0 Å².